The van der Waals surface area contributed by atoms with Crippen molar-refractivity contribution in [3.8, 4) is 0 Å². The normalized spacial score (nSPS) is 15.5. The van der Waals surface area contributed by atoms with Crippen molar-refractivity contribution in [3.05, 3.63) is 74.3 Å². The number of nitro groups is 1. The summed E-state index contributed by atoms with van der Waals surface area (Å²) in [6.45, 7) is 4.31. The van der Waals surface area contributed by atoms with Gasteiger partial charge in [0, 0.05) is 47.9 Å². The smallest absolute Gasteiger partial charge is 0.273 e. The van der Waals surface area contributed by atoms with Gasteiger partial charge in [0.2, 0.25) is 0 Å². The van der Waals surface area contributed by atoms with Crippen LogP contribution < -0.4 is 5.32 Å². The fourth-order valence-electron chi connectivity index (χ4n) is 3.30. The number of benzene rings is 2. The molecule has 1 N–H and O–H groups in total. The van der Waals surface area contributed by atoms with Gasteiger partial charge in [-0.15, -0.1) is 0 Å². The molecule has 0 atom stereocenters. The summed E-state index contributed by atoms with van der Waals surface area (Å²) in [6, 6.07) is 12.5. The molecule has 1 fully saturated rings. The number of likely N-dealkylation sites (tertiary alicyclic amines) is 1. The number of carbonyl (C=O) groups excluding carboxylic acids is 1. The quantitative estimate of drug-likeness (QED) is 0.622. The third kappa shape index (κ3) is 5.05. The molecule has 0 unspecified atom stereocenters. The summed E-state index contributed by atoms with van der Waals surface area (Å²) < 4.78 is 0. The number of nitro benzene ring substituents is 1. The molecule has 2 aromatic carbocycles. The highest BCUT2D eigenvalue weighted by molar-refractivity contribution is 6.30. The summed E-state index contributed by atoms with van der Waals surface area (Å²) in [4.78, 5) is 25.4. The molecule has 7 heteroatoms. The van der Waals surface area contributed by atoms with Gasteiger partial charge in [0.05, 0.1) is 4.92 Å². The van der Waals surface area contributed by atoms with E-state index in [1.165, 1.54) is 11.6 Å². The van der Waals surface area contributed by atoms with Crippen molar-refractivity contribution in [2.75, 3.05) is 13.1 Å². The van der Waals surface area contributed by atoms with Crippen LogP contribution in [-0.4, -0.2) is 34.9 Å². The molecule has 1 aliphatic heterocycles. The Morgan fingerprint density at radius 3 is 2.52 bits per heavy atom. The molecule has 2 aromatic rings. The fraction of sp³-hybridized carbons (Fsp3) is 0.350. The third-order valence-corrected chi connectivity index (χ3v) is 5.16. The molecular formula is C20H22ClN3O3. The van der Waals surface area contributed by atoms with Crippen molar-refractivity contribution >= 4 is 23.2 Å². The maximum Gasteiger partial charge on any atom is 0.273 e. The summed E-state index contributed by atoms with van der Waals surface area (Å²) in [5.41, 5.74) is 2.07. The first-order chi connectivity index (χ1) is 12.9. The van der Waals surface area contributed by atoms with E-state index in [2.05, 4.69) is 10.2 Å². The highest BCUT2D eigenvalue weighted by atomic mass is 35.5. The number of amides is 1. The largest absolute Gasteiger partial charge is 0.349 e. The molecule has 0 saturated carbocycles. The summed E-state index contributed by atoms with van der Waals surface area (Å²) >= 11 is 5.92. The van der Waals surface area contributed by atoms with Crippen molar-refractivity contribution in [2.45, 2.75) is 32.4 Å². The van der Waals surface area contributed by atoms with Gasteiger partial charge in [-0.3, -0.25) is 19.8 Å². The minimum absolute atomic E-state index is 0.0274. The Bertz CT molecular complexity index is 831. The molecule has 6 nitrogen and oxygen atoms in total. The van der Waals surface area contributed by atoms with Gasteiger partial charge >= 0.3 is 0 Å². The van der Waals surface area contributed by atoms with Crippen LogP contribution in [0.3, 0.4) is 0 Å². The molecule has 1 heterocycles. The van der Waals surface area contributed by atoms with E-state index in [-0.39, 0.29) is 17.6 Å². The predicted molar refractivity (Wildman–Crippen MR) is 105 cm³/mol. The Balaban J connectivity index is 1.53. The lowest BCUT2D eigenvalue weighted by Gasteiger charge is -2.32. The van der Waals surface area contributed by atoms with Crippen LogP contribution in [0.1, 0.15) is 34.3 Å². The lowest BCUT2D eigenvalue weighted by Crippen LogP contribution is -2.44. The van der Waals surface area contributed by atoms with Crippen molar-refractivity contribution in [1.29, 1.82) is 0 Å². The number of hydrogen-bond donors (Lipinski definition) is 1. The maximum absolute atomic E-state index is 12.4. The molecule has 0 spiro atoms. The minimum atomic E-state index is -0.457. The van der Waals surface area contributed by atoms with E-state index in [0.717, 1.165) is 37.5 Å². The SMILES string of the molecule is Cc1ccc(C(=O)NC2CCN(Cc3ccc(Cl)cc3)CC2)cc1[N+](=O)[O-]. The van der Waals surface area contributed by atoms with E-state index < -0.39 is 4.92 Å². The summed E-state index contributed by atoms with van der Waals surface area (Å²) in [6.07, 6.45) is 1.71. The van der Waals surface area contributed by atoms with Crippen molar-refractivity contribution in [2.24, 2.45) is 0 Å². The van der Waals surface area contributed by atoms with Gasteiger partial charge in [-0.25, -0.2) is 0 Å². The number of piperidine rings is 1. The number of nitrogens with zero attached hydrogens (tertiary/aromatic N) is 2. The van der Waals surface area contributed by atoms with Crippen molar-refractivity contribution in [1.82, 2.24) is 10.2 Å². The third-order valence-electron chi connectivity index (χ3n) is 4.91. The van der Waals surface area contributed by atoms with Gasteiger partial charge < -0.3 is 5.32 Å². The molecule has 0 bridgehead atoms. The summed E-state index contributed by atoms with van der Waals surface area (Å²) in [5, 5.41) is 14.8. The number of aryl methyl sites for hydroxylation is 1. The molecule has 1 aliphatic rings. The topological polar surface area (TPSA) is 75.5 Å². The minimum Gasteiger partial charge on any atom is -0.349 e. The lowest BCUT2D eigenvalue weighted by molar-refractivity contribution is -0.385. The van der Waals surface area contributed by atoms with Gasteiger partial charge in [0.1, 0.15) is 0 Å². The van der Waals surface area contributed by atoms with Crippen LogP contribution in [0.15, 0.2) is 42.5 Å². The Labute approximate surface area is 163 Å². The second kappa shape index (κ2) is 8.50. The van der Waals surface area contributed by atoms with Gasteiger partial charge in [-0.1, -0.05) is 29.8 Å². The lowest BCUT2D eigenvalue weighted by atomic mass is 10.0. The second-order valence-corrected chi connectivity index (χ2v) is 7.35. The fourth-order valence-corrected chi connectivity index (χ4v) is 3.43. The number of carbonyl (C=O) groups is 1. The van der Waals surface area contributed by atoms with E-state index in [4.69, 9.17) is 11.6 Å². The Hall–Kier alpha value is -2.44. The maximum atomic E-state index is 12.4. The van der Waals surface area contributed by atoms with E-state index >= 15 is 0 Å². The predicted octanol–water partition coefficient (Wildman–Crippen LogP) is 3.95. The van der Waals surface area contributed by atoms with Gasteiger partial charge in [-0.05, 0) is 43.5 Å². The Morgan fingerprint density at radius 1 is 1.22 bits per heavy atom. The molecule has 0 radical (unpaired) electrons. The first-order valence-corrected chi connectivity index (χ1v) is 9.33. The number of rotatable bonds is 5. The van der Waals surface area contributed by atoms with Crippen LogP contribution in [0.4, 0.5) is 5.69 Å². The molecule has 27 heavy (non-hydrogen) atoms. The van der Waals surface area contributed by atoms with Crippen LogP contribution in [0.2, 0.25) is 5.02 Å². The van der Waals surface area contributed by atoms with Crippen LogP contribution in [0.5, 0.6) is 0 Å². The zero-order valence-corrected chi connectivity index (χ0v) is 15.9. The molecule has 0 aliphatic carbocycles. The molecule has 142 valence electrons. The zero-order valence-electron chi connectivity index (χ0n) is 15.2. The average Bonchev–Trinajstić information content (AvgIpc) is 2.65. The number of halogens is 1. The first-order valence-electron chi connectivity index (χ1n) is 8.95. The second-order valence-electron chi connectivity index (χ2n) is 6.91. The molecular weight excluding hydrogens is 366 g/mol. The first kappa shape index (κ1) is 19.3. The van der Waals surface area contributed by atoms with Crippen LogP contribution in [-0.2, 0) is 6.54 Å². The monoisotopic (exact) mass is 387 g/mol. The number of hydrogen-bond acceptors (Lipinski definition) is 4. The van der Waals surface area contributed by atoms with E-state index in [9.17, 15) is 14.9 Å². The Morgan fingerprint density at radius 2 is 1.89 bits per heavy atom. The van der Waals surface area contributed by atoms with Crippen LogP contribution in [0, 0.1) is 17.0 Å². The summed E-state index contributed by atoms with van der Waals surface area (Å²) in [7, 11) is 0. The van der Waals surface area contributed by atoms with Crippen LogP contribution >= 0.6 is 11.6 Å². The van der Waals surface area contributed by atoms with Gasteiger partial charge in [0.25, 0.3) is 11.6 Å². The number of nitrogens with one attached hydrogen (secondary N) is 1. The van der Waals surface area contributed by atoms with E-state index in [1.807, 2.05) is 24.3 Å². The highest BCUT2D eigenvalue weighted by Gasteiger charge is 2.22. The molecule has 1 amide bonds. The van der Waals surface area contributed by atoms with Gasteiger partial charge in [-0.2, -0.15) is 0 Å². The van der Waals surface area contributed by atoms with E-state index in [0.29, 0.717) is 11.1 Å². The average molecular weight is 388 g/mol. The van der Waals surface area contributed by atoms with Crippen LogP contribution in [0.25, 0.3) is 0 Å². The zero-order chi connectivity index (χ0) is 19.4. The van der Waals surface area contributed by atoms with Gasteiger partial charge in [0.15, 0.2) is 0 Å². The Kier molecular flexibility index (Phi) is 6.08. The molecule has 1 saturated heterocycles. The summed E-state index contributed by atoms with van der Waals surface area (Å²) in [5.74, 6) is -0.255. The molecule has 3 rings (SSSR count). The van der Waals surface area contributed by atoms with Crippen molar-refractivity contribution in [3.63, 3.8) is 0 Å². The van der Waals surface area contributed by atoms with Crippen molar-refractivity contribution < 1.29 is 9.72 Å². The molecule has 0 aromatic heterocycles. The highest BCUT2D eigenvalue weighted by Crippen LogP contribution is 2.20. The van der Waals surface area contributed by atoms with E-state index in [1.54, 1.807) is 19.1 Å². The standard InChI is InChI=1S/C20H22ClN3O3/c1-14-2-5-16(12-19(14)24(26)27)20(25)22-18-8-10-23(11-9-18)13-15-3-6-17(21)7-4-15/h2-7,12,18H,8-11,13H2,1H3,(H,22,25).